The molecular weight excluding hydrogens is 134 g/mol. The van der Waals surface area contributed by atoms with Gasteiger partial charge in [-0.3, -0.25) is 0 Å². The molecule has 0 saturated heterocycles. The number of hydrogen-bond acceptors (Lipinski definition) is 1. The Kier molecular flexibility index (Phi) is 1.99. The number of nitrogens with two attached hydrogens (primary N) is 1. The van der Waals surface area contributed by atoms with E-state index in [0.717, 1.165) is 18.4 Å². The summed E-state index contributed by atoms with van der Waals surface area (Å²) >= 11 is 0. The minimum Gasteiger partial charge on any atom is -0.330 e. The highest BCUT2D eigenvalue weighted by atomic mass is 14.5. The Morgan fingerprint density at radius 2 is 2.36 bits per heavy atom. The summed E-state index contributed by atoms with van der Waals surface area (Å²) in [6.07, 6.45) is 9.36. The molecule has 11 heavy (non-hydrogen) atoms. The van der Waals surface area contributed by atoms with Gasteiger partial charge in [0.15, 0.2) is 0 Å². The quantitative estimate of drug-likeness (QED) is 0.614. The first-order valence-electron chi connectivity index (χ1n) is 4.81. The van der Waals surface area contributed by atoms with E-state index in [1.165, 1.54) is 32.1 Å². The van der Waals surface area contributed by atoms with Crippen molar-refractivity contribution in [3.05, 3.63) is 11.6 Å². The van der Waals surface area contributed by atoms with E-state index in [-0.39, 0.29) is 0 Å². The normalized spacial score (nSPS) is 34.5. The smallest absolute Gasteiger partial charge is 0.00742 e. The molecule has 0 amide bonds. The van der Waals surface area contributed by atoms with Gasteiger partial charge in [-0.1, -0.05) is 11.6 Å². The van der Waals surface area contributed by atoms with E-state index in [2.05, 4.69) is 6.08 Å². The van der Waals surface area contributed by atoms with Crippen LogP contribution in [0.25, 0.3) is 0 Å². The Bertz CT molecular complexity index is 172. The van der Waals surface area contributed by atoms with E-state index in [0.29, 0.717) is 0 Å². The van der Waals surface area contributed by atoms with Crippen molar-refractivity contribution < 1.29 is 0 Å². The molecule has 2 atom stereocenters. The molecule has 1 saturated carbocycles. The Hall–Kier alpha value is -0.300. The minimum atomic E-state index is 0.856. The molecule has 0 aromatic heterocycles. The topological polar surface area (TPSA) is 26.0 Å². The van der Waals surface area contributed by atoms with E-state index in [1.54, 1.807) is 5.57 Å². The van der Waals surface area contributed by atoms with Crippen molar-refractivity contribution in [3.63, 3.8) is 0 Å². The van der Waals surface area contributed by atoms with E-state index in [4.69, 9.17) is 5.73 Å². The molecule has 0 radical (unpaired) electrons. The van der Waals surface area contributed by atoms with Gasteiger partial charge < -0.3 is 5.73 Å². The summed E-state index contributed by atoms with van der Waals surface area (Å²) in [5.41, 5.74) is 7.21. The second-order valence-electron chi connectivity index (χ2n) is 3.90. The summed E-state index contributed by atoms with van der Waals surface area (Å²) < 4.78 is 0. The zero-order valence-electron chi connectivity index (χ0n) is 7.05. The van der Waals surface area contributed by atoms with Gasteiger partial charge >= 0.3 is 0 Å². The Labute approximate surface area is 68.7 Å². The molecule has 1 fully saturated rings. The lowest BCUT2D eigenvalue weighted by atomic mass is 9.95. The van der Waals surface area contributed by atoms with E-state index in [1.807, 2.05) is 0 Å². The van der Waals surface area contributed by atoms with Crippen LogP contribution in [0.2, 0.25) is 0 Å². The third-order valence-corrected chi connectivity index (χ3v) is 3.12. The number of rotatable bonds is 3. The number of allylic oxidation sites excluding steroid dienone is 2. The van der Waals surface area contributed by atoms with Crippen LogP contribution in [0.15, 0.2) is 11.6 Å². The second-order valence-corrected chi connectivity index (χ2v) is 3.90. The predicted octanol–water partition coefficient (Wildman–Crippen LogP) is 2.08. The van der Waals surface area contributed by atoms with Crippen molar-refractivity contribution in [3.8, 4) is 0 Å². The lowest BCUT2D eigenvalue weighted by Crippen LogP contribution is -2.02. The molecule has 2 bridgehead atoms. The predicted molar refractivity (Wildman–Crippen MR) is 47.2 cm³/mol. The van der Waals surface area contributed by atoms with Crippen LogP contribution in [0.4, 0.5) is 0 Å². The first-order chi connectivity index (χ1) is 5.40. The lowest BCUT2D eigenvalue weighted by molar-refractivity contribution is 0.615. The van der Waals surface area contributed by atoms with Crippen LogP contribution >= 0.6 is 0 Å². The van der Waals surface area contributed by atoms with Crippen molar-refractivity contribution >= 4 is 0 Å². The molecular formula is C10H17N. The maximum Gasteiger partial charge on any atom is -0.00742 e. The minimum absolute atomic E-state index is 0.856. The van der Waals surface area contributed by atoms with Crippen LogP contribution in [-0.2, 0) is 0 Å². The van der Waals surface area contributed by atoms with Crippen molar-refractivity contribution in [1.82, 2.24) is 0 Å². The molecule has 2 aliphatic carbocycles. The summed E-state index contributed by atoms with van der Waals surface area (Å²) in [7, 11) is 0. The Morgan fingerprint density at radius 1 is 1.45 bits per heavy atom. The first kappa shape index (κ1) is 7.35. The van der Waals surface area contributed by atoms with E-state index >= 15 is 0 Å². The van der Waals surface area contributed by atoms with Crippen LogP contribution in [0, 0.1) is 11.8 Å². The zero-order valence-corrected chi connectivity index (χ0v) is 7.05. The van der Waals surface area contributed by atoms with Crippen molar-refractivity contribution in [2.75, 3.05) is 6.54 Å². The molecule has 0 spiro atoms. The molecule has 0 aromatic carbocycles. The standard InChI is InChI=1S/C10H17N/c11-5-1-2-9-6-8-3-4-10(9)7-8/h6,8,10H,1-5,7,11H2. The fraction of sp³-hybridized carbons (Fsp3) is 0.800. The summed E-state index contributed by atoms with van der Waals surface area (Å²) in [6, 6.07) is 0. The van der Waals surface area contributed by atoms with Gasteiger partial charge in [-0.15, -0.1) is 0 Å². The third-order valence-electron chi connectivity index (χ3n) is 3.12. The highest BCUT2D eigenvalue weighted by molar-refractivity contribution is 5.19. The van der Waals surface area contributed by atoms with Gasteiger partial charge in [0.2, 0.25) is 0 Å². The van der Waals surface area contributed by atoms with E-state index in [9.17, 15) is 0 Å². The molecule has 1 nitrogen and oxygen atoms in total. The average molecular weight is 151 g/mol. The highest BCUT2D eigenvalue weighted by Crippen LogP contribution is 2.44. The maximum absolute atomic E-state index is 5.48. The van der Waals surface area contributed by atoms with Gasteiger partial charge in [0, 0.05) is 0 Å². The van der Waals surface area contributed by atoms with Gasteiger partial charge in [-0.05, 0) is 50.5 Å². The van der Waals surface area contributed by atoms with Crippen LogP contribution < -0.4 is 5.73 Å². The van der Waals surface area contributed by atoms with Crippen LogP contribution in [0.3, 0.4) is 0 Å². The monoisotopic (exact) mass is 151 g/mol. The summed E-state index contributed by atoms with van der Waals surface area (Å²) in [5.74, 6) is 1.92. The molecule has 0 aliphatic heterocycles. The molecule has 0 heterocycles. The summed E-state index contributed by atoms with van der Waals surface area (Å²) in [4.78, 5) is 0. The van der Waals surface area contributed by atoms with Gasteiger partial charge in [-0.25, -0.2) is 0 Å². The van der Waals surface area contributed by atoms with Gasteiger partial charge in [0.25, 0.3) is 0 Å². The van der Waals surface area contributed by atoms with E-state index < -0.39 is 0 Å². The lowest BCUT2D eigenvalue weighted by Gasteiger charge is -2.11. The molecule has 62 valence electrons. The zero-order chi connectivity index (χ0) is 7.68. The second kappa shape index (κ2) is 2.98. The van der Waals surface area contributed by atoms with Gasteiger partial charge in [0.1, 0.15) is 0 Å². The maximum atomic E-state index is 5.48. The van der Waals surface area contributed by atoms with Crippen molar-refractivity contribution in [2.45, 2.75) is 32.1 Å². The average Bonchev–Trinajstić information content (AvgIpc) is 2.60. The SMILES string of the molecule is NCCCC1=CC2CCC1C2. The fourth-order valence-corrected chi connectivity index (χ4v) is 2.54. The number of hydrogen-bond donors (Lipinski definition) is 1. The molecule has 2 N–H and O–H groups in total. The van der Waals surface area contributed by atoms with Crippen molar-refractivity contribution in [2.24, 2.45) is 17.6 Å². The fourth-order valence-electron chi connectivity index (χ4n) is 2.54. The van der Waals surface area contributed by atoms with Crippen molar-refractivity contribution in [1.29, 1.82) is 0 Å². The molecule has 2 rings (SSSR count). The highest BCUT2D eigenvalue weighted by Gasteiger charge is 2.31. The van der Waals surface area contributed by atoms with Crippen LogP contribution in [-0.4, -0.2) is 6.54 Å². The first-order valence-corrected chi connectivity index (χ1v) is 4.81. The molecule has 2 aliphatic rings. The van der Waals surface area contributed by atoms with Gasteiger partial charge in [-0.2, -0.15) is 0 Å². The third kappa shape index (κ3) is 1.34. The molecule has 2 unspecified atom stereocenters. The van der Waals surface area contributed by atoms with Crippen LogP contribution in [0.5, 0.6) is 0 Å². The Morgan fingerprint density at radius 3 is 2.91 bits per heavy atom. The summed E-state index contributed by atoms with van der Waals surface area (Å²) in [6.45, 7) is 0.856. The Balaban J connectivity index is 1.90. The van der Waals surface area contributed by atoms with Gasteiger partial charge in [0.05, 0.1) is 0 Å². The molecule has 0 aromatic rings. The number of fused-ring (bicyclic) bond motifs is 2. The largest absolute Gasteiger partial charge is 0.330 e. The molecule has 1 heteroatoms. The van der Waals surface area contributed by atoms with Crippen LogP contribution in [0.1, 0.15) is 32.1 Å². The summed E-state index contributed by atoms with van der Waals surface area (Å²) in [5, 5.41) is 0.